The summed E-state index contributed by atoms with van der Waals surface area (Å²) in [4.78, 5) is 26.3. The molecule has 0 radical (unpaired) electrons. The van der Waals surface area contributed by atoms with Crippen LogP contribution in [0.15, 0.2) is 0 Å². The van der Waals surface area contributed by atoms with E-state index in [-0.39, 0.29) is 63.9 Å². The first-order valence-corrected chi connectivity index (χ1v) is 18.7. The van der Waals surface area contributed by atoms with Crippen molar-refractivity contribution >= 4 is 12.1 Å². The molecule has 0 aromatic carbocycles. The van der Waals surface area contributed by atoms with E-state index in [1.165, 1.54) is 12.8 Å². The second-order valence-corrected chi connectivity index (χ2v) is 18.7. The fourth-order valence-corrected chi connectivity index (χ4v) is 14.0. The Hall–Kier alpha value is -1.42. The van der Waals surface area contributed by atoms with Gasteiger partial charge in [0.1, 0.15) is 12.2 Å². The van der Waals surface area contributed by atoms with Crippen LogP contribution in [0.25, 0.3) is 0 Å². The summed E-state index contributed by atoms with van der Waals surface area (Å²) in [6, 6.07) is 0. The largest absolute Gasteiger partial charge is 0.481 e. The van der Waals surface area contributed by atoms with E-state index >= 15 is 0 Å². The number of aliphatic hydroxyl groups excluding tert-OH is 1. The lowest BCUT2D eigenvalue weighted by Gasteiger charge is -2.63. The molecule has 0 aromatic rings. The molecule has 5 aliphatic carbocycles. The number of aliphatic carboxylic acids is 1. The zero-order chi connectivity index (χ0) is 34.1. The molecule has 2 aliphatic heterocycles. The summed E-state index contributed by atoms with van der Waals surface area (Å²) >= 11 is 0. The van der Waals surface area contributed by atoms with E-state index in [0.717, 1.165) is 38.5 Å². The maximum atomic E-state index is 13.2. The molecule has 2 heterocycles. The van der Waals surface area contributed by atoms with Crippen molar-refractivity contribution in [3.05, 3.63) is 0 Å². The minimum atomic E-state index is -1.05. The van der Waals surface area contributed by atoms with E-state index in [1.807, 2.05) is 6.92 Å². The van der Waals surface area contributed by atoms with Gasteiger partial charge in [0.2, 0.25) is 0 Å². The van der Waals surface area contributed by atoms with E-state index in [2.05, 4.69) is 34.6 Å². The molecular weight excluding hydrogens is 598 g/mol. The smallest absolute Gasteiger partial charge is 0.410 e. The van der Waals surface area contributed by atoms with Gasteiger partial charge in [0.05, 0.1) is 29.8 Å². The number of carboxylic acid groups (broad SMARTS) is 1. The lowest BCUT2D eigenvalue weighted by atomic mass is 9.41. The number of nitrogens with zero attached hydrogens (tertiary/aromatic N) is 1. The Bertz CT molecular complexity index is 1280. The average Bonchev–Trinajstić information content (AvgIpc) is 3.28. The molecule has 14 atom stereocenters. The van der Waals surface area contributed by atoms with Gasteiger partial charge < -0.3 is 34.4 Å². The summed E-state index contributed by atoms with van der Waals surface area (Å²) in [5.41, 5.74) is -1.16. The van der Waals surface area contributed by atoms with Crippen molar-refractivity contribution in [3.8, 4) is 0 Å². The van der Waals surface area contributed by atoms with Crippen LogP contribution in [0.1, 0.15) is 113 Å². The summed E-state index contributed by atoms with van der Waals surface area (Å²) in [7, 11) is 0. The second-order valence-electron chi connectivity index (χ2n) is 18.7. The molecule has 2 spiro atoms. The Kier molecular flexibility index (Phi) is 7.82. The SMILES string of the molecule is CCOC(C1C[C@@H](C)[C@H]2C(O1)[C@H](O)[C@@]1(C)C3CC[C@H]4C(C)(C)[C@@H](OC(=O)N5CCC(C(=O)O)C5)CCC45CC35CCC21C)C(C)(C)O. The molecule has 3 N–H and O–H groups in total. The number of ether oxygens (including phenoxy) is 3. The molecule has 0 bridgehead atoms. The fraction of sp³-hybridized carbons (Fsp3) is 0.947. The molecule has 7 rings (SSSR count). The normalized spacial score (nSPS) is 50.3. The van der Waals surface area contributed by atoms with Crippen LogP contribution in [0.2, 0.25) is 0 Å². The Morgan fingerprint density at radius 2 is 1.70 bits per heavy atom. The van der Waals surface area contributed by atoms with Gasteiger partial charge in [-0.1, -0.05) is 34.6 Å². The molecule has 7 fully saturated rings. The molecule has 47 heavy (non-hydrogen) atoms. The maximum absolute atomic E-state index is 13.2. The maximum Gasteiger partial charge on any atom is 0.410 e. The van der Waals surface area contributed by atoms with Crippen molar-refractivity contribution in [2.24, 2.45) is 56.7 Å². The van der Waals surface area contributed by atoms with Gasteiger partial charge in [-0.15, -0.1) is 0 Å². The monoisotopic (exact) mass is 659 g/mol. The van der Waals surface area contributed by atoms with Crippen LogP contribution in [0.5, 0.6) is 0 Å². The molecule has 5 saturated carbocycles. The summed E-state index contributed by atoms with van der Waals surface area (Å²) in [5.74, 6) is 0.0934. The van der Waals surface area contributed by atoms with Crippen LogP contribution in [0, 0.1) is 56.7 Å². The number of fused-ring (bicyclic) bond motifs is 4. The number of carbonyl (C=O) groups is 2. The van der Waals surface area contributed by atoms with Gasteiger partial charge >= 0.3 is 12.1 Å². The highest BCUT2D eigenvalue weighted by Gasteiger charge is 2.84. The summed E-state index contributed by atoms with van der Waals surface area (Å²) in [6.45, 7) is 18.5. The van der Waals surface area contributed by atoms with Crippen molar-refractivity contribution < 1.29 is 39.1 Å². The predicted octanol–water partition coefficient (Wildman–Crippen LogP) is 5.89. The third-order valence-corrected chi connectivity index (χ3v) is 16.2. The molecule has 1 amide bonds. The van der Waals surface area contributed by atoms with Crippen molar-refractivity contribution in [3.63, 3.8) is 0 Å². The zero-order valence-corrected chi connectivity index (χ0v) is 30.1. The van der Waals surface area contributed by atoms with E-state index in [4.69, 9.17) is 14.2 Å². The van der Waals surface area contributed by atoms with Crippen molar-refractivity contribution in [1.29, 1.82) is 0 Å². The number of amides is 1. The number of likely N-dealkylation sites (tertiary alicyclic amines) is 1. The third-order valence-electron chi connectivity index (χ3n) is 16.2. The first-order valence-electron chi connectivity index (χ1n) is 18.7. The van der Waals surface area contributed by atoms with Gasteiger partial charge in [0, 0.05) is 30.5 Å². The molecule has 0 aromatic heterocycles. The Labute approximate surface area is 281 Å². The van der Waals surface area contributed by atoms with Crippen LogP contribution in [-0.2, 0) is 19.0 Å². The van der Waals surface area contributed by atoms with E-state index < -0.39 is 29.7 Å². The van der Waals surface area contributed by atoms with Crippen LogP contribution in [-0.4, -0.2) is 88.1 Å². The highest BCUT2D eigenvalue weighted by Crippen LogP contribution is 2.89. The molecule has 8 unspecified atom stereocenters. The number of carboxylic acids is 1. The number of carbonyl (C=O) groups excluding carboxylic acids is 1. The van der Waals surface area contributed by atoms with Crippen molar-refractivity contribution in [2.75, 3.05) is 19.7 Å². The second kappa shape index (κ2) is 10.8. The highest BCUT2D eigenvalue weighted by molar-refractivity contribution is 5.74. The van der Waals surface area contributed by atoms with Gasteiger partial charge in [-0.05, 0) is 118 Å². The zero-order valence-electron chi connectivity index (χ0n) is 30.1. The van der Waals surface area contributed by atoms with Crippen molar-refractivity contribution in [2.45, 2.75) is 149 Å². The predicted molar refractivity (Wildman–Crippen MR) is 175 cm³/mol. The third kappa shape index (κ3) is 4.46. The molecule has 2 saturated heterocycles. The molecule has 9 heteroatoms. The summed E-state index contributed by atoms with van der Waals surface area (Å²) in [5, 5.41) is 33.0. The van der Waals surface area contributed by atoms with Gasteiger partial charge in [0.15, 0.2) is 0 Å². The molecular formula is C38H61NO8. The van der Waals surface area contributed by atoms with Gasteiger partial charge in [-0.2, -0.15) is 0 Å². The Morgan fingerprint density at radius 3 is 2.34 bits per heavy atom. The lowest BCUT2D eigenvalue weighted by Crippen LogP contribution is -2.60. The van der Waals surface area contributed by atoms with Gasteiger partial charge in [-0.25, -0.2) is 4.79 Å². The number of aliphatic hydroxyl groups is 2. The molecule has 9 nitrogen and oxygen atoms in total. The van der Waals surface area contributed by atoms with Crippen LogP contribution in [0.4, 0.5) is 4.79 Å². The number of hydrogen-bond acceptors (Lipinski definition) is 7. The van der Waals surface area contributed by atoms with Crippen LogP contribution < -0.4 is 0 Å². The summed E-state index contributed by atoms with van der Waals surface area (Å²) in [6.07, 6.45) is 6.66. The fourth-order valence-electron chi connectivity index (χ4n) is 14.0. The highest BCUT2D eigenvalue weighted by atomic mass is 16.6. The quantitative estimate of drug-likeness (QED) is 0.323. The van der Waals surface area contributed by atoms with Crippen molar-refractivity contribution in [1.82, 2.24) is 4.90 Å². The topological polar surface area (TPSA) is 126 Å². The minimum absolute atomic E-state index is 0.0460. The molecule has 7 aliphatic rings. The minimum Gasteiger partial charge on any atom is -0.481 e. The first kappa shape index (κ1) is 34.0. The number of rotatable bonds is 6. The molecule has 266 valence electrons. The van der Waals surface area contributed by atoms with Crippen LogP contribution in [0.3, 0.4) is 0 Å². The summed E-state index contributed by atoms with van der Waals surface area (Å²) < 4.78 is 19.3. The van der Waals surface area contributed by atoms with E-state index in [0.29, 0.717) is 37.3 Å². The number of hydrogen-bond donors (Lipinski definition) is 3. The van der Waals surface area contributed by atoms with Gasteiger partial charge in [0.25, 0.3) is 0 Å². The van der Waals surface area contributed by atoms with Crippen LogP contribution >= 0.6 is 0 Å². The van der Waals surface area contributed by atoms with E-state index in [1.54, 1.807) is 18.7 Å². The standard InChI is InChI=1S/C38H61NO8/c1-9-45-30(34(5,6)44)23-18-21(2)27-28(46-23)29(40)36(8)25-11-10-24-33(3,4)26(47-32(43)39-17-13-22(19-39)31(41)42)12-14-37(24)20-38(25,37)16-15-35(27,36)7/h21-30,40,44H,9-20H2,1-8H3,(H,41,42)/t21-,22?,23?,24+,25?,26+,27+,28?,29+,30?,35?,36-,37?,38?/m1/s1. The van der Waals surface area contributed by atoms with E-state index in [9.17, 15) is 24.9 Å². The first-order chi connectivity index (χ1) is 21.9. The Morgan fingerprint density at radius 1 is 1.02 bits per heavy atom. The lowest BCUT2D eigenvalue weighted by molar-refractivity contribution is -0.215. The average molecular weight is 660 g/mol. The van der Waals surface area contributed by atoms with Gasteiger partial charge in [-0.3, -0.25) is 4.79 Å². The Balaban J connectivity index is 1.12.